The van der Waals surface area contributed by atoms with Crippen LogP contribution < -0.4 is 10.2 Å². The molecule has 0 aliphatic carbocycles. The number of carbonyl (C=O) groups excluding carboxylic acids is 2. The first-order chi connectivity index (χ1) is 15.9. The second kappa shape index (κ2) is 9.38. The van der Waals surface area contributed by atoms with Crippen molar-refractivity contribution in [2.75, 3.05) is 31.1 Å². The number of rotatable bonds is 4. The molecular weight excluding hydrogens is 483 g/mol. The zero-order valence-corrected chi connectivity index (χ0v) is 20.3. The number of halogens is 2. The summed E-state index contributed by atoms with van der Waals surface area (Å²) < 4.78 is 0. The zero-order valence-electron chi connectivity index (χ0n) is 17.9. The predicted octanol–water partition coefficient (Wildman–Crippen LogP) is 2.65. The summed E-state index contributed by atoms with van der Waals surface area (Å²) in [6.45, 7) is 4.95. The number of nitrogens with zero attached hydrogens (tertiary/aromatic N) is 5. The third-order valence-electron chi connectivity index (χ3n) is 6.61. The summed E-state index contributed by atoms with van der Waals surface area (Å²) in [5.41, 5.74) is 4.38. The SMILES string of the molecule is O=C1CCC(N2Cc3cc(CN4CCN(c5cnnc(Cl)c5Cl)CC4)ccc3C2S)C(=O)N1. The van der Waals surface area contributed by atoms with Crippen LogP contribution in [0.4, 0.5) is 5.69 Å². The molecule has 1 N–H and O–H groups in total. The first-order valence-corrected chi connectivity index (χ1v) is 12.2. The Kier molecular flexibility index (Phi) is 6.50. The summed E-state index contributed by atoms with van der Waals surface area (Å²) in [5, 5.41) is 10.7. The number of piperidine rings is 1. The number of carbonyl (C=O) groups is 2. The summed E-state index contributed by atoms with van der Waals surface area (Å²) in [4.78, 5) is 30.5. The number of aromatic nitrogens is 2. The van der Waals surface area contributed by atoms with Crippen molar-refractivity contribution in [3.8, 4) is 0 Å². The van der Waals surface area contributed by atoms with Gasteiger partial charge in [0.1, 0.15) is 5.02 Å². The van der Waals surface area contributed by atoms with Crippen LogP contribution in [0.1, 0.15) is 34.9 Å². The number of nitrogens with one attached hydrogen (secondary N) is 1. The van der Waals surface area contributed by atoms with Gasteiger partial charge in [0.15, 0.2) is 5.15 Å². The number of piperazine rings is 1. The molecule has 2 fully saturated rings. The lowest BCUT2D eigenvalue weighted by Crippen LogP contribution is -2.51. The van der Waals surface area contributed by atoms with Crippen LogP contribution in [0, 0.1) is 0 Å². The Morgan fingerprint density at radius 3 is 2.70 bits per heavy atom. The minimum absolute atomic E-state index is 0.146. The molecule has 2 atom stereocenters. The van der Waals surface area contributed by atoms with Crippen LogP contribution in [0.25, 0.3) is 0 Å². The average molecular weight is 507 g/mol. The number of benzene rings is 1. The molecule has 8 nitrogen and oxygen atoms in total. The van der Waals surface area contributed by atoms with E-state index in [1.54, 1.807) is 6.20 Å². The van der Waals surface area contributed by atoms with E-state index < -0.39 is 0 Å². The third kappa shape index (κ3) is 4.57. The second-order valence-corrected chi connectivity index (χ2v) is 9.87. The van der Waals surface area contributed by atoms with E-state index >= 15 is 0 Å². The number of anilines is 1. The molecule has 4 heterocycles. The predicted molar refractivity (Wildman–Crippen MR) is 129 cm³/mol. The van der Waals surface area contributed by atoms with Crippen molar-refractivity contribution in [3.63, 3.8) is 0 Å². The van der Waals surface area contributed by atoms with Crippen LogP contribution in [-0.4, -0.2) is 64.0 Å². The Hall–Kier alpha value is -1.91. The van der Waals surface area contributed by atoms with Crippen molar-refractivity contribution in [2.45, 2.75) is 37.3 Å². The molecule has 5 rings (SSSR count). The maximum Gasteiger partial charge on any atom is 0.243 e. The first-order valence-electron chi connectivity index (χ1n) is 10.9. The highest BCUT2D eigenvalue weighted by Gasteiger charge is 2.39. The van der Waals surface area contributed by atoms with Crippen LogP contribution >= 0.6 is 35.8 Å². The number of hydrogen-bond acceptors (Lipinski definition) is 8. The molecule has 2 unspecified atom stereocenters. The van der Waals surface area contributed by atoms with Gasteiger partial charge in [0.25, 0.3) is 0 Å². The molecule has 11 heteroatoms. The van der Waals surface area contributed by atoms with Crippen LogP contribution in [0.15, 0.2) is 24.4 Å². The lowest BCUT2D eigenvalue weighted by molar-refractivity contribution is -0.137. The summed E-state index contributed by atoms with van der Waals surface area (Å²) in [6.07, 6.45) is 2.56. The highest BCUT2D eigenvalue weighted by Crippen LogP contribution is 2.39. The topological polar surface area (TPSA) is 81.7 Å². The largest absolute Gasteiger partial charge is 0.366 e. The molecule has 1 aromatic heterocycles. The van der Waals surface area contributed by atoms with Crippen LogP contribution in [0.3, 0.4) is 0 Å². The van der Waals surface area contributed by atoms with Gasteiger partial charge in [-0.3, -0.25) is 24.7 Å². The van der Waals surface area contributed by atoms with E-state index in [1.165, 1.54) is 11.1 Å². The Morgan fingerprint density at radius 2 is 1.94 bits per heavy atom. The molecule has 0 bridgehead atoms. The minimum atomic E-state index is -0.322. The van der Waals surface area contributed by atoms with Gasteiger partial charge in [0.05, 0.1) is 23.3 Å². The molecule has 0 radical (unpaired) electrons. The Morgan fingerprint density at radius 1 is 1.15 bits per heavy atom. The van der Waals surface area contributed by atoms with Gasteiger partial charge in [0, 0.05) is 45.7 Å². The van der Waals surface area contributed by atoms with Gasteiger partial charge in [-0.1, -0.05) is 41.4 Å². The molecule has 2 amide bonds. The van der Waals surface area contributed by atoms with Gasteiger partial charge in [-0.25, -0.2) is 0 Å². The number of hydrogen-bond donors (Lipinski definition) is 2. The van der Waals surface area contributed by atoms with Gasteiger partial charge >= 0.3 is 0 Å². The van der Waals surface area contributed by atoms with Gasteiger partial charge < -0.3 is 4.90 Å². The van der Waals surface area contributed by atoms with Gasteiger partial charge in [0.2, 0.25) is 11.8 Å². The smallest absolute Gasteiger partial charge is 0.243 e. The van der Waals surface area contributed by atoms with E-state index in [2.05, 4.69) is 48.4 Å². The minimum Gasteiger partial charge on any atom is -0.366 e. The van der Waals surface area contributed by atoms with E-state index in [4.69, 9.17) is 35.8 Å². The number of fused-ring (bicyclic) bond motifs is 1. The Bertz CT molecular complexity index is 1090. The van der Waals surface area contributed by atoms with Crippen molar-refractivity contribution in [1.82, 2.24) is 25.3 Å². The molecule has 174 valence electrons. The van der Waals surface area contributed by atoms with E-state index in [9.17, 15) is 9.59 Å². The average Bonchev–Trinajstić information content (AvgIpc) is 3.12. The van der Waals surface area contributed by atoms with Crippen molar-refractivity contribution in [2.24, 2.45) is 0 Å². The zero-order chi connectivity index (χ0) is 23.1. The van der Waals surface area contributed by atoms with Crippen molar-refractivity contribution in [1.29, 1.82) is 0 Å². The lowest BCUT2D eigenvalue weighted by Gasteiger charge is -2.36. The van der Waals surface area contributed by atoms with Crippen LogP contribution in [0.2, 0.25) is 10.2 Å². The fourth-order valence-corrected chi connectivity index (χ4v) is 5.69. The molecular formula is C22H24Cl2N6O2S. The molecule has 1 aromatic carbocycles. The van der Waals surface area contributed by atoms with E-state index in [-0.39, 0.29) is 28.4 Å². The molecule has 33 heavy (non-hydrogen) atoms. The number of imide groups is 1. The van der Waals surface area contributed by atoms with Gasteiger partial charge in [-0.2, -0.15) is 17.7 Å². The fourth-order valence-electron chi connectivity index (χ4n) is 4.85. The van der Waals surface area contributed by atoms with Gasteiger partial charge in [-0.05, 0) is 23.1 Å². The lowest BCUT2D eigenvalue weighted by atomic mass is 10.0. The van der Waals surface area contributed by atoms with Crippen molar-refractivity contribution < 1.29 is 9.59 Å². The Balaban J connectivity index is 1.21. The molecule has 0 saturated carbocycles. The van der Waals surface area contributed by atoms with Crippen molar-refractivity contribution >= 4 is 53.3 Å². The number of amides is 2. The molecule has 0 spiro atoms. The summed E-state index contributed by atoms with van der Waals surface area (Å²) in [6, 6.07) is 6.16. The highest BCUT2D eigenvalue weighted by atomic mass is 35.5. The quantitative estimate of drug-likeness (QED) is 0.487. The summed E-state index contributed by atoms with van der Waals surface area (Å²) in [7, 11) is 0. The molecule has 2 aromatic rings. The maximum atomic E-state index is 12.3. The second-order valence-electron chi connectivity index (χ2n) is 8.64. The third-order valence-corrected chi connectivity index (χ3v) is 7.92. The first kappa shape index (κ1) is 22.9. The van der Waals surface area contributed by atoms with E-state index in [0.29, 0.717) is 24.4 Å². The van der Waals surface area contributed by atoms with Crippen LogP contribution in [0.5, 0.6) is 0 Å². The molecule has 3 aliphatic rings. The molecule has 2 saturated heterocycles. The normalized spacial score (nSPS) is 24.2. The van der Waals surface area contributed by atoms with Crippen LogP contribution in [-0.2, 0) is 22.7 Å². The number of thiol groups is 1. The van der Waals surface area contributed by atoms with Crippen molar-refractivity contribution in [3.05, 3.63) is 51.3 Å². The highest BCUT2D eigenvalue weighted by molar-refractivity contribution is 7.80. The Labute approximate surface area is 207 Å². The monoisotopic (exact) mass is 506 g/mol. The van der Waals surface area contributed by atoms with E-state index in [0.717, 1.165) is 44.0 Å². The maximum absolute atomic E-state index is 12.3. The summed E-state index contributed by atoms with van der Waals surface area (Å²) >= 11 is 17.1. The summed E-state index contributed by atoms with van der Waals surface area (Å²) in [5.74, 6) is -0.418. The molecule has 3 aliphatic heterocycles. The van der Waals surface area contributed by atoms with Gasteiger partial charge in [-0.15, -0.1) is 5.10 Å². The standard InChI is InChI=1S/C22H24Cl2N6O2S/c23-19-17(10-25-27-20(19)24)29-7-5-28(6-8-29)11-13-1-2-15-14(9-13)12-30(22(15)33)16-3-4-18(31)26-21(16)32/h1-2,9-10,16,22,33H,3-8,11-12H2,(H,26,31,32). The van der Waals surface area contributed by atoms with E-state index in [1.807, 2.05) is 0 Å². The fraction of sp³-hybridized carbons (Fsp3) is 0.455.